The quantitative estimate of drug-likeness (QED) is 0.807. The number of amides is 1. The van der Waals surface area contributed by atoms with E-state index in [0.29, 0.717) is 17.2 Å². The Morgan fingerprint density at radius 1 is 1.53 bits per heavy atom. The Morgan fingerprint density at radius 2 is 2.26 bits per heavy atom. The van der Waals surface area contributed by atoms with Gasteiger partial charge >= 0.3 is 0 Å². The van der Waals surface area contributed by atoms with Crippen LogP contribution in [0.25, 0.3) is 0 Å². The molecule has 0 heterocycles. The van der Waals surface area contributed by atoms with E-state index in [9.17, 15) is 4.79 Å². The highest BCUT2D eigenvalue weighted by Crippen LogP contribution is 2.23. The van der Waals surface area contributed by atoms with Crippen molar-refractivity contribution in [3.63, 3.8) is 0 Å². The van der Waals surface area contributed by atoms with Crippen LogP contribution in [-0.4, -0.2) is 30.8 Å². The van der Waals surface area contributed by atoms with Crippen molar-refractivity contribution in [1.29, 1.82) is 0 Å². The molecule has 0 aromatic heterocycles. The third-order valence-corrected chi connectivity index (χ3v) is 3.16. The van der Waals surface area contributed by atoms with E-state index in [0.717, 1.165) is 12.0 Å². The number of methoxy groups -OCH3 is 1. The van der Waals surface area contributed by atoms with Crippen LogP contribution in [0.4, 0.5) is 0 Å². The fourth-order valence-electron chi connectivity index (χ4n) is 1.87. The van der Waals surface area contributed by atoms with Crippen LogP contribution in [0.15, 0.2) is 18.2 Å². The van der Waals surface area contributed by atoms with Crippen LogP contribution in [0.3, 0.4) is 0 Å². The van der Waals surface area contributed by atoms with Gasteiger partial charge in [-0.15, -0.1) is 0 Å². The van der Waals surface area contributed by atoms with Crippen molar-refractivity contribution in [3.8, 4) is 5.75 Å². The van der Waals surface area contributed by atoms with Crippen LogP contribution < -0.4 is 10.1 Å². The number of carbonyl (C=O) groups excluding carboxylic acids is 1. The fourth-order valence-corrected chi connectivity index (χ4v) is 2.07. The fraction of sp³-hybridized carbons (Fsp3) is 0.500. The van der Waals surface area contributed by atoms with Crippen LogP contribution in [0, 0.1) is 0 Å². The standard InChI is InChI=1S/C14H20ClNO3/c1-3-12(6-7-17)16-14(18)9-10-8-11(15)4-5-13(10)19-2/h4-5,8,12,17H,3,6-7,9H2,1-2H3,(H,16,18). The Morgan fingerprint density at radius 3 is 2.84 bits per heavy atom. The Balaban J connectivity index is 2.68. The number of ether oxygens (including phenoxy) is 1. The van der Waals surface area contributed by atoms with Crippen molar-refractivity contribution >= 4 is 17.5 Å². The van der Waals surface area contributed by atoms with Gasteiger partial charge in [0.25, 0.3) is 0 Å². The lowest BCUT2D eigenvalue weighted by Crippen LogP contribution is -2.36. The summed E-state index contributed by atoms with van der Waals surface area (Å²) >= 11 is 5.92. The first-order valence-electron chi connectivity index (χ1n) is 6.33. The third-order valence-electron chi connectivity index (χ3n) is 2.93. The molecule has 0 spiro atoms. The summed E-state index contributed by atoms with van der Waals surface area (Å²) in [6, 6.07) is 5.20. The van der Waals surface area contributed by atoms with Crippen LogP contribution >= 0.6 is 11.6 Å². The maximum Gasteiger partial charge on any atom is 0.224 e. The third kappa shape index (κ3) is 5.09. The molecule has 2 N–H and O–H groups in total. The van der Waals surface area contributed by atoms with Gasteiger partial charge in [0.05, 0.1) is 13.5 Å². The van der Waals surface area contributed by atoms with Crippen LogP contribution in [-0.2, 0) is 11.2 Å². The molecular formula is C14H20ClNO3. The average molecular weight is 286 g/mol. The van der Waals surface area contributed by atoms with E-state index in [1.165, 1.54) is 0 Å². The van der Waals surface area contributed by atoms with Crippen molar-refractivity contribution in [2.75, 3.05) is 13.7 Å². The van der Waals surface area contributed by atoms with Crippen LogP contribution in [0.1, 0.15) is 25.3 Å². The predicted octanol–water partition coefficient (Wildman–Crippen LogP) is 2.17. The Kier molecular flexibility index (Phi) is 6.67. The number of halogens is 1. The summed E-state index contributed by atoms with van der Waals surface area (Å²) in [5.74, 6) is 0.552. The molecule has 1 atom stereocenters. The zero-order valence-electron chi connectivity index (χ0n) is 11.3. The van der Waals surface area contributed by atoms with E-state index in [2.05, 4.69) is 5.32 Å². The van der Waals surface area contributed by atoms with Gasteiger partial charge in [0.2, 0.25) is 5.91 Å². The molecule has 0 saturated heterocycles. The van der Waals surface area contributed by atoms with Crippen molar-refractivity contribution in [3.05, 3.63) is 28.8 Å². The Labute approximate surface area is 118 Å². The minimum atomic E-state index is -0.0964. The monoisotopic (exact) mass is 285 g/mol. The first-order chi connectivity index (χ1) is 9.10. The van der Waals surface area contributed by atoms with Gasteiger partial charge in [0.15, 0.2) is 0 Å². The van der Waals surface area contributed by atoms with Gasteiger partial charge in [-0.05, 0) is 31.0 Å². The molecule has 19 heavy (non-hydrogen) atoms. The van der Waals surface area contributed by atoms with Crippen molar-refractivity contribution < 1.29 is 14.6 Å². The van der Waals surface area contributed by atoms with E-state index >= 15 is 0 Å². The molecule has 1 aromatic rings. The summed E-state index contributed by atoms with van der Waals surface area (Å²) in [5.41, 5.74) is 0.756. The summed E-state index contributed by atoms with van der Waals surface area (Å²) in [4.78, 5) is 11.9. The smallest absolute Gasteiger partial charge is 0.224 e. The zero-order chi connectivity index (χ0) is 14.3. The molecule has 1 aromatic carbocycles. The summed E-state index contributed by atoms with van der Waals surface area (Å²) < 4.78 is 5.20. The number of aliphatic hydroxyl groups excluding tert-OH is 1. The molecule has 106 valence electrons. The molecule has 0 aliphatic carbocycles. The number of carbonyl (C=O) groups is 1. The molecule has 1 unspecified atom stereocenters. The molecule has 4 nitrogen and oxygen atoms in total. The second kappa shape index (κ2) is 8.02. The van der Waals surface area contributed by atoms with Gasteiger partial charge < -0.3 is 15.2 Å². The lowest BCUT2D eigenvalue weighted by Gasteiger charge is -2.16. The molecule has 0 radical (unpaired) electrons. The second-order valence-corrected chi connectivity index (χ2v) is 4.75. The Bertz CT molecular complexity index is 423. The highest BCUT2D eigenvalue weighted by molar-refractivity contribution is 6.30. The normalized spacial score (nSPS) is 12.0. The molecule has 5 heteroatoms. The molecular weight excluding hydrogens is 266 g/mol. The Hall–Kier alpha value is -1.26. The number of hydrogen-bond donors (Lipinski definition) is 2. The highest BCUT2D eigenvalue weighted by atomic mass is 35.5. The summed E-state index contributed by atoms with van der Waals surface area (Å²) in [6.07, 6.45) is 1.57. The highest BCUT2D eigenvalue weighted by Gasteiger charge is 2.13. The van der Waals surface area contributed by atoms with Gasteiger partial charge in [-0.1, -0.05) is 18.5 Å². The largest absolute Gasteiger partial charge is 0.496 e. The zero-order valence-corrected chi connectivity index (χ0v) is 12.0. The van der Waals surface area contributed by atoms with Gasteiger partial charge in [0, 0.05) is 23.2 Å². The van der Waals surface area contributed by atoms with E-state index in [4.69, 9.17) is 21.4 Å². The van der Waals surface area contributed by atoms with Gasteiger partial charge in [-0.3, -0.25) is 4.79 Å². The van der Waals surface area contributed by atoms with E-state index in [-0.39, 0.29) is 25.0 Å². The predicted molar refractivity (Wildman–Crippen MR) is 75.6 cm³/mol. The number of rotatable bonds is 7. The first kappa shape index (κ1) is 15.8. The topological polar surface area (TPSA) is 58.6 Å². The van der Waals surface area contributed by atoms with Crippen molar-refractivity contribution in [2.45, 2.75) is 32.2 Å². The summed E-state index contributed by atoms with van der Waals surface area (Å²) in [6.45, 7) is 2.04. The summed E-state index contributed by atoms with van der Waals surface area (Å²) in [5, 5.41) is 12.4. The molecule has 1 rings (SSSR count). The molecule has 0 aliphatic rings. The van der Waals surface area contributed by atoms with Gasteiger partial charge in [-0.25, -0.2) is 0 Å². The number of hydrogen-bond acceptors (Lipinski definition) is 3. The van der Waals surface area contributed by atoms with Crippen LogP contribution in [0.5, 0.6) is 5.75 Å². The number of benzene rings is 1. The molecule has 0 aliphatic heterocycles. The van der Waals surface area contributed by atoms with Crippen molar-refractivity contribution in [2.24, 2.45) is 0 Å². The van der Waals surface area contributed by atoms with Gasteiger partial charge in [0.1, 0.15) is 5.75 Å². The van der Waals surface area contributed by atoms with Crippen molar-refractivity contribution in [1.82, 2.24) is 5.32 Å². The lowest BCUT2D eigenvalue weighted by atomic mass is 10.1. The van der Waals surface area contributed by atoms with E-state index < -0.39 is 0 Å². The molecule has 1 amide bonds. The summed E-state index contributed by atoms with van der Waals surface area (Å²) in [7, 11) is 1.56. The average Bonchev–Trinajstić information content (AvgIpc) is 2.38. The molecule has 0 saturated carbocycles. The second-order valence-electron chi connectivity index (χ2n) is 4.32. The molecule has 0 bridgehead atoms. The minimum Gasteiger partial charge on any atom is -0.496 e. The van der Waals surface area contributed by atoms with Crippen LogP contribution in [0.2, 0.25) is 5.02 Å². The maximum atomic E-state index is 11.9. The molecule has 0 fully saturated rings. The number of aliphatic hydroxyl groups is 1. The maximum absolute atomic E-state index is 11.9. The number of nitrogens with one attached hydrogen (secondary N) is 1. The lowest BCUT2D eigenvalue weighted by molar-refractivity contribution is -0.121. The van der Waals surface area contributed by atoms with Gasteiger partial charge in [-0.2, -0.15) is 0 Å². The van der Waals surface area contributed by atoms with E-state index in [1.54, 1.807) is 25.3 Å². The SMILES string of the molecule is CCC(CCO)NC(=O)Cc1cc(Cl)ccc1OC. The first-order valence-corrected chi connectivity index (χ1v) is 6.71. The van der Waals surface area contributed by atoms with E-state index in [1.807, 2.05) is 6.92 Å². The minimum absolute atomic E-state index is 0.00248.